The van der Waals surface area contributed by atoms with Crippen molar-refractivity contribution in [3.05, 3.63) is 59.8 Å². The molecule has 0 unspecified atom stereocenters. The van der Waals surface area contributed by atoms with E-state index in [1.165, 1.54) is 6.07 Å². The van der Waals surface area contributed by atoms with Crippen LogP contribution in [0.15, 0.2) is 46.9 Å². The van der Waals surface area contributed by atoms with Gasteiger partial charge in [-0.25, -0.2) is 13.8 Å². The van der Waals surface area contributed by atoms with Crippen molar-refractivity contribution in [1.82, 2.24) is 9.88 Å². The van der Waals surface area contributed by atoms with Gasteiger partial charge in [-0.1, -0.05) is 6.07 Å². The van der Waals surface area contributed by atoms with E-state index in [0.717, 1.165) is 45.0 Å². The van der Waals surface area contributed by atoms with E-state index in [0.29, 0.717) is 18.0 Å². The lowest BCUT2D eigenvalue weighted by molar-refractivity contribution is 0.0322. The van der Waals surface area contributed by atoms with Gasteiger partial charge in [-0.15, -0.1) is 0 Å². The van der Waals surface area contributed by atoms with Crippen LogP contribution in [0.1, 0.15) is 10.5 Å². The predicted octanol–water partition coefficient (Wildman–Crippen LogP) is 3.17. The first-order valence-electron chi connectivity index (χ1n) is 10.1. The lowest BCUT2D eigenvalue weighted by Crippen LogP contribution is -2.38. The van der Waals surface area contributed by atoms with Crippen molar-refractivity contribution in [2.45, 2.75) is 0 Å². The second-order valence-electron chi connectivity index (χ2n) is 7.11. The molecule has 0 saturated carbocycles. The topological polar surface area (TPSA) is 103 Å². The summed E-state index contributed by atoms with van der Waals surface area (Å²) in [5, 5.41) is 2.87. The fourth-order valence-corrected chi connectivity index (χ4v) is 3.26. The van der Waals surface area contributed by atoms with Crippen LogP contribution in [0.4, 0.5) is 20.4 Å². The highest BCUT2D eigenvalue weighted by atomic mass is 19.1. The molecule has 1 aromatic heterocycles. The summed E-state index contributed by atoms with van der Waals surface area (Å²) in [5.74, 6) is -2.47. The minimum absolute atomic E-state index is 0.115. The number of morpholine rings is 1. The van der Waals surface area contributed by atoms with Crippen LogP contribution in [0.2, 0.25) is 0 Å². The molecule has 8 nitrogen and oxygen atoms in total. The maximum atomic E-state index is 14.1. The highest BCUT2D eigenvalue weighted by Gasteiger charge is 2.23. The highest BCUT2D eigenvalue weighted by molar-refractivity contribution is 5.96. The van der Waals surface area contributed by atoms with E-state index in [4.69, 9.17) is 19.6 Å². The molecule has 0 bridgehead atoms. The van der Waals surface area contributed by atoms with E-state index >= 15 is 0 Å². The van der Waals surface area contributed by atoms with Crippen molar-refractivity contribution < 1.29 is 27.5 Å². The Morgan fingerprint density at radius 3 is 2.47 bits per heavy atom. The number of aromatic nitrogens is 1. The average Bonchev–Trinajstić information content (AvgIpc) is 3.19. The summed E-state index contributed by atoms with van der Waals surface area (Å²) in [5.41, 5.74) is 5.15. The van der Waals surface area contributed by atoms with Gasteiger partial charge in [-0.3, -0.25) is 9.69 Å². The number of oxazole rings is 1. The number of anilines is 2. The predicted molar refractivity (Wildman–Crippen MR) is 113 cm³/mol. The fourth-order valence-electron chi connectivity index (χ4n) is 3.26. The molecule has 1 aliphatic rings. The van der Waals surface area contributed by atoms with Gasteiger partial charge in [0.1, 0.15) is 29.6 Å². The van der Waals surface area contributed by atoms with Crippen LogP contribution >= 0.6 is 0 Å². The van der Waals surface area contributed by atoms with Gasteiger partial charge < -0.3 is 24.9 Å². The Hall–Kier alpha value is -3.50. The molecule has 2 heterocycles. The molecule has 0 radical (unpaired) electrons. The molecule has 10 heteroatoms. The minimum Gasteiger partial charge on any atom is -0.492 e. The number of carbonyl (C=O) groups is 1. The Morgan fingerprint density at radius 1 is 1.12 bits per heavy atom. The number of nitrogens with two attached hydrogens (primary N) is 1. The molecule has 0 spiro atoms. The molecular weight excluding hydrogens is 422 g/mol. The number of benzene rings is 2. The lowest BCUT2D eigenvalue weighted by Gasteiger charge is -2.26. The SMILES string of the molecule is NC(=O)c1nc(-c2c(F)cccc2F)oc1Nc1ccc(OCCN2CCOCC2)cc1. The summed E-state index contributed by atoms with van der Waals surface area (Å²) < 4.78 is 44.7. The Balaban J connectivity index is 1.44. The number of primary amides is 1. The average molecular weight is 444 g/mol. The minimum atomic E-state index is -0.901. The number of amides is 1. The number of nitrogens with zero attached hydrogens (tertiary/aromatic N) is 2. The second kappa shape index (κ2) is 9.75. The van der Waals surface area contributed by atoms with Crippen LogP contribution in [0, 0.1) is 11.6 Å². The van der Waals surface area contributed by atoms with E-state index < -0.39 is 23.1 Å². The molecule has 32 heavy (non-hydrogen) atoms. The van der Waals surface area contributed by atoms with Crippen LogP contribution < -0.4 is 15.8 Å². The fraction of sp³-hybridized carbons (Fsp3) is 0.273. The highest BCUT2D eigenvalue weighted by Crippen LogP contribution is 2.31. The third-order valence-electron chi connectivity index (χ3n) is 4.93. The summed E-state index contributed by atoms with van der Waals surface area (Å²) in [6, 6.07) is 10.3. The first kappa shape index (κ1) is 21.7. The van der Waals surface area contributed by atoms with E-state index in [1.54, 1.807) is 24.3 Å². The number of rotatable bonds is 8. The smallest absolute Gasteiger partial charge is 0.273 e. The van der Waals surface area contributed by atoms with Crippen molar-refractivity contribution >= 4 is 17.5 Å². The van der Waals surface area contributed by atoms with Crippen molar-refractivity contribution in [2.75, 3.05) is 44.8 Å². The monoisotopic (exact) mass is 444 g/mol. The quantitative estimate of drug-likeness (QED) is 0.550. The number of halogens is 2. The zero-order valence-electron chi connectivity index (χ0n) is 17.1. The summed E-state index contributed by atoms with van der Waals surface area (Å²) >= 11 is 0. The van der Waals surface area contributed by atoms with Crippen LogP contribution in [0.25, 0.3) is 11.5 Å². The van der Waals surface area contributed by atoms with Crippen LogP contribution in [0.3, 0.4) is 0 Å². The van der Waals surface area contributed by atoms with E-state index in [9.17, 15) is 13.6 Å². The Kier molecular flexibility index (Phi) is 6.62. The number of ether oxygens (including phenoxy) is 2. The second-order valence-corrected chi connectivity index (χ2v) is 7.11. The third-order valence-corrected chi connectivity index (χ3v) is 4.93. The largest absolute Gasteiger partial charge is 0.492 e. The zero-order valence-corrected chi connectivity index (χ0v) is 17.1. The van der Waals surface area contributed by atoms with E-state index in [2.05, 4.69) is 15.2 Å². The van der Waals surface area contributed by atoms with E-state index in [1.807, 2.05) is 0 Å². The summed E-state index contributed by atoms with van der Waals surface area (Å²) in [4.78, 5) is 17.9. The lowest BCUT2D eigenvalue weighted by atomic mass is 10.2. The van der Waals surface area contributed by atoms with Crippen LogP contribution in [0.5, 0.6) is 5.75 Å². The van der Waals surface area contributed by atoms with Crippen molar-refractivity contribution in [3.8, 4) is 17.2 Å². The van der Waals surface area contributed by atoms with E-state index in [-0.39, 0.29) is 17.5 Å². The molecule has 3 N–H and O–H groups in total. The number of hydrogen-bond acceptors (Lipinski definition) is 7. The molecule has 1 saturated heterocycles. The van der Waals surface area contributed by atoms with Crippen LogP contribution in [-0.4, -0.2) is 55.2 Å². The van der Waals surface area contributed by atoms with Gasteiger partial charge >= 0.3 is 0 Å². The summed E-state index contributed by atoms with van der Waals surface area (Å²) in [6.07, 6.45) is 0. The molecule has 0 atom stereocenters. The number of hydrogen-bond donors (Lipinski definition) is 2. The molecule has 1 fully saturated rings. The maximum absolute atomic E-state index is 14.1. The molecule has 0 aliphatic carbocycles. The van der Waals surface area contributed by atoms with Gasteiger partial charge in [0.25, 0.3) is 5.91 Å². The molecule has 1 amide bonds. The Morgan fingerprint density at radius 2 is 1.81 bits per heavy atom. The van der Waals surface area contributed by atoms with Crippen molar-refractivity contribution in [1.29, 1.82) is 0 Å². The Bertz CT molecular complexity index is 1060. The first-order valence-corrected chi connectivity index (χ1v) is 10.1. The van der Waals surface area contributed by atoms with Gasteiger partial charge in [0.05, 0.1) is 13.2 Å². The maximum Gasteiger partial charge on any atom is 0.273 e. The first-order chi connectivity index (χ1) is 15.5. The molecular formula is C22H22F2N4O4. The Labute approximate surface area is 182 Å². The van der Waals surface area contributed by atoms with Gasteiger partial charge in [0.15, 0.2) is 5.69 Å². The van der Waals surface area contributed by atoms with Crippen molar-refractivity contribution in [3.63, 3.8) is 0 Å². The van der Waals surface area contributed by atoms with Crippen molar-refractivity contribution in [2.24, 2.45) is 5.73 Å². The number of carbonyl (C=O) groups excluding carboxylic acids is 1. The summed E-state index contributed by atoms with van der Waals surface area (Å²) in [7, 11) is 0. The molecule has 1 aliphatic heterocycles. The zero-order chi connectivity index (χ0) is 22.5. The van der Waals surface area contributed by atoms with Gasteiger partial charge in [-0.05, 0) is 36.4 Å². The molecule has 3 aromatic rings. The molecule has 4 rings (SSSR count). The normalized spacial score (nSPS) is 14.3. The number of nitrogens with one attached hydrogen (secondary N) is 1. The molecule has 2 aromatic carbocycles. The van der Waals surface area contributed by atoms with Gasteiger partial charge in [0, 0.05) is 25.3 Å². The van der Waals surface area contributed by atoms with Crippen LogP contribution in [-0.2, 0) is 4.74 Å². The van der Waals surface area contributed by atoms with Gasteiger partial charge in [0.2, 0.25) is 11.8 Å². The third kappa shape index (κ3) is 5.04. The van der Waals surface area contributed by atoms with Gasteiger partial charge in [-0.2, -0.15) is 0 Å². The standard InChI is InChI=1S/C22H22F2N4O4/c23-16-2-1-3-17(24)18(16)21-27-19(20(25)29)22(32-21)26-14-4-6-15(7-5-14)31-13-10-28-8-11-30-12-9-28/h1-7,26H,8-13H2,(H2,25,29). The molecule has 168 valence electrons. The summed E-state index contributed by atoms with van der Waals surface area (Å²) in [6.45, 7) is 4.60.